The molecule has 0 atom stereocenters. The maximum Gasteiger partial charge on any atom is 0.248 e. The minimum Gasteiger partial charge on any atom is -0.366 e. The summed E-state index contributed by atoms with van der Waals surface area (Å²) in [4.78, 5) is 23.0. The second-order valence-corrected chi connectivity index (χ2v) is 5.44. The van der Waals surface area contributed by atoms with Gasteiger partial charge in [0.25, 0.3) is 0 Å². The molecule has 20 heavy (non-hydrogen) atoms. The van der Waals surface area contributed by atoms with E-state index in [1.165, 1.54) is 13.0 Å². The van der Waals surface area contributed by atoms with Crippen LogP contribution in [0.2, 0.25) is 0 Å². The van der Waals surface area contributed by atoms with Crippen LogP contribution in [-0.2, 0) is 4.79 Å². The summed E-state index contributed by atoms with van der Waals surface area (Å²) < 4.78 is 13.7. The first-order valence-electron chi connectivity index (χ1n) is 6.49. The van der Waals surface area contributed by atoms with Gasteiger partial charge in [-0.05, 0) is 38.3 Å². The van der Waals surface area contributed by atoms with E-state index in [0.29, 0.717) is 0 Å². The standard InChI is InChI=1S/C14H18FN3O2/c1-8-10(15)5-9(13(16)20)6-11(8)18-12(19)7-14(17)3-2-4-14/h5-6H,2-4,7,17H2,1H3,(H2,16,20)(H,18,19). The number of primary amides is 1. The Labute approximate surface area is 116 Å². The summed E-state index contributed by atoms with van der Waals surface area (Å²) in [5, 5.41) is 2.60. The van der Waals surface area contributed by atoms with Crippen molar-refractivity contribution in [3.05, 3.63) is 29.1 Å². The summed E-state index contributed by atoms with van der Waals surface area (Å²) in [5.41, 5.74) is 11.2. The average molecular weight is 279 g/mol. The van der Waals surface area contributed by atoms with Crippen LogP contribution in [0.15, 0.2) is 12.1 Å². The third kappa shape index (κ3) is 2.96. The highest BCUT2D eigenvalue weighted by Gasteiger charge is 2.34. The lowest BCUT2D eigenvalue weighted by atomic mass is 9.75. The maximum atomic E-state index is 13.7. The van der Waals surface area contributed by atoms with Crippen molar-refractivity contribution in [2.45, 2.75) is 38.1 Å². The van der Waals surface area contributed by atoms with E-state index in [1.54, 1.807) is 0 Å². The number of carbonyl (C=O) groups excluding carboxylic acids is 2. The maximum absolute atomic E-state index is 13.7. The molecule has 1 aromatic rings. The molecule has 2 rings (SSSR count). The van der Waals surface area contributed by atoms with Gasteiger partial charge in [-0.1, -0.05) is 0 Å². The Balaban J connectivity index is 2.15. The van der Waals surface area contributed by atoms with E-state index >= 15 is 0 Å². The van der Waals surface area contributed by atoms with Crippen molar-refractivity contribution in [2.75, 3.05) is 5.32 Å². The summed E-state index contributed by atoms with van der Waals surface area (Å²) in [6.07, 6.45) is 2.84. The molecule has 0 unspecified atom stereocenters. The van der Waals surface area contributed by atoms with E-state index in [0.717, 1.165) is 25.3 Å². The Morgan fingerprint density at radius 2 is 2.05 bits per heavy atom. The zero-order valence-electron chi connectivity index (χ0n) is 11.3. The summed E-state index contributed by atoms with van der Waals surface area (Å²) in [5.74, 6) is -1.60. The highest BCUT2D eigenvalue weighted by molar-refractivity contribution is 5.97. The van der Waals surface area contributed by atoms with Crippen LogP contribution in [0.4, 0.5) is 10.1 Å². The second-order valence-electron chi connectivity index (χ2n) is 5.44. The zero-order chi connectivity index (χ0) is 14.9. The van der Waals surface area contributed by atoms with Crippen molar-refractivity contribution in [3.8, 4) is 0 Å². The fraction of sp³-hybridized carbons (Fsp3) is 0.429. The molecule has 0 aliphatic heterocycles. The molecule has 5 nitrogen and oxygen atoms in total. The van der Waals surface area contributed by atoms with E-state index in [9.17, 15) is 14.0 Å². The molecule has 2 amide bonds. The Kier molecular flexibility index (Phi) is 3.76. The van der Waals surface area contributed by atoms with Crippen LogP contribution in [0.3, 0.4) is 0 Å². The van der Waals surface area contributed by atoms with Crippen LogP contribution in [0.1, 0.15) is 41.6 Å². The molecule has 0 saturated heterocycles. The first-order chi connectivity index (χ1) is 9.31. The molecular formula is C14H18FN3O2. The van der Waals surface area contributed by atoms with Gasteiger partial charge in [0.1, 0.15) is 5.82 Å². The average Bonchev–Trinajstić information content (AvgIpc) is 2.32. The van der Waals surface area contributed by atoms with E-state index in [4.69, 9.17) is 11.5 Å². The largest absolute Gasteiger partial charge is 0.366 e. The summed E-state index contributed by atoms with van der Waals surface area (Å²) in [6, 6.07) is 2.44. The lowest BCUT2D eigenvalue weighted by molar-refractivity contribution is -0.118. The highest BCUT2D eigenvalue weighted by Crippen LogP contribution is 2.32. The molecule has 0 aromatic heterocycles. The van der Waals surface area contributed by atoms with Gasteiger partial charge in [-0.25, -0.2) is 4.39 Å². The predicted molar refractivity (Wildman–Crippen MR) is 73.7 cm³/mol. The number of nitrogens with two attached hydrogens (primary N) is 2. The number of nitrogens with one attached hydrogen (secondary N) is 1. The topological polar surface area (TPSA) is 98.2 Å². The molecule has 5 N–H and O–H groups in total. The number of amides is 2. The van der Waals surface area contributed by atoms with Gasteiger partial charge in [0.2, 0.25) is 11.8 Å². The van der Waals surface area contributed by atoms with E-state index in [2.05, 4.69) is 5.32 Å². The number of benzene rings is 1. The first-order valence-corrected chi connectivity index (χ1v) is 6.49. The summed E-state index contributed by atoms with van der Waals surface area (Å²) in [6.45, 7) is 1.53. The molecule has 0 bridgehead atoms. The minimum atomic E-state index is -0.742. The quantitative estimate of drug-likeness (QED) is 0.777. The molecule has 1 aliphatic rings. The van der Waals surface area contributed by atoms with Crippen LogP contribution in [-0.4, -0.2) is 17.4 Å². The number of hydrogen-bond acceptors (Lipinski definition) is 3. The normalized spacial score (nSPS) is 16.4. The molecule has 0 heterocycles. The predicted octanol–water partition coefficient (Wildman–Crippen LogP) is 1.44. The highest BCUT2D eigenvalue weighted by atomic mass is 19.1. The Morgan fingerprint density at radius 1 is 1.40 bits per heavy atom. The van der Waals surface area contributed by atoms with Crippen molar-refractivity contribution in [1.82, 2.24) is 0 Å². The van der Waals surface area contributed by atoms with Crippen LogP contribution >= 0.6 is 0 Å². The summed E-state index contributed by atoms with van der Waals surface area (Å²) >= 11 is 0. The van der Waals surface area contributed by atoms with Crippen molar-refractivity contribution in [1.29, 1.82) is 0 Å². The third-order valence-corrected chi connectivity index (χ3v) is 3.76. The number of halogens is 1. The SMILES string of the molecule is Cc1c(F)cc(C(N)=O)cc1NC(=O)CC1(N)CCC1. The van der Waals surface area contributed by atoms with Gasteiger partial charge >= 0.3 is 0 Å². The fourth-order valence-corrected chi connectivity index (χ4v) is 2.27. The smallest absolute Gasteiger partial charge is 0.248 e. The molecule has 0 spiro atoms. The Hall–Kier alpha value is -1.95. The number of rotatable bonds is 4. The molecule has 0 radical (unpaired) electrons. The van der Waals surface area contributed by atoms with Crippen molar-refractivity contribution >= 4 is 17.5 Å². The van der Waals surface area contributed by atoms with Gasteiger partial charge in [0.15, 0.2) is 0 Å². The van der Waals surface area contributed by atoms with E-state index in [-0.39, 0.29) is 29.1 Å². The van der Waals surface area contributed by atoms with Gasteiger partial charge in [-0.3, -0.25) is 9.59 Å². The Bertz CT molecular complexity index is 568. The lowest BCUT2D eigenvalue weighted by Crippen LogP contribution is -2.49. The second kappa shape index (κ2) is 5.20. The van der Waals surface area contributed by atoms with Crippen molar-refractivity contribution < 1.29 is 14.0 Å². The van der Waals surface area contributed by atoms with Gasteiger partial charge in [0.05, 0.1) is 0 Å². The molecular weight excluding hydrogens is 261 g/mol. The van der Waals surface area contributed by atoms with Crippen LogP contribution in [0.25, 0.3) is 0 Å². The fourth-order valence-electron chi connectivity index (χ4n) is 2.27. The summed E-state index contributed by atoms with van der Waals surface area (Å²) in [7, 11) is 0. The zero-order valence-corrected chi connectivity index (χ0v) is 11.3. The number of carbonyl (C=O) groups is 2. The lowest BCUT2D eigenvalue weighted by Gasteiger charge is -2.37. The number of anilines is 1. The van der Waals surface area contributed by atoms with Crippen molar-refractivity contribution in [2.24, 2.45) is 11.5 Å². The molecule has 1 aromatic carbocycles. The molecule has 1 aliphatic carbocycles. The monoisotopic (exact) mass is 279 g/mol. The van der Waals surface area contributed by atoms with Crippen molar-refractivity contribution in [3.63, 3.8) is 0 Å². The molecule has 6 heteroatoms. The van der Waals surface area contributed by atoms with Gasteiger partial charge in [-0.15, -0.1) is 0 Å². The minimum absolute atomic E-state index is 0.0227. The third-order valence-electron chi connectivity index (χ3n) is 3.76. The van der Waals surface area contributed by atoms with Gasteiger partial charge in [-0.2, -0.15) is 0 Å². The van der Waals surface area contributed by atoms with Crippen LogP contribution < -0.4 is 16.8 Å². The molecule has 1 fully saturated rings. The van der Waals surface area contributed by atoms with Gasteiger partial charge in [0, 0.05) is 28.8 Å². The number of hydrogen-bond donors (Lipinski definition) is 3. The molecule has 1 saturated carbocycles. The van der Waals surface area contributed by atoms with Crippen LogP contribution in [0, 0.1) is 12.7 Å². The van der Waals surface area contributed by atoms with E-state index in [1.807, 2.05) is 0 Å². The van der Waals surface area contributed by atoms with Crippen LogP contribution in [0.5, 0.6) is 0 Å². The molecule has 108 valence electrons. The van der Waals surface area contributed by atoms with Gasteiger partial charge < -0.3 is 16.8 Å². The van der Waals surface area contributed by atoms with E-state index < -0.39 is 17.3 Å². The first kappa shape index (κ1) is 14.5. The Morgan fingerprint density at radius 3 is 2.55 bits per heavy atom.